The first-order valence-electron chi connectivity index (χ1n) is 7.08. The van der Waals surface area contributed by atoms with Crippen LogP contribution < -0.4 is 5.32 Å². The molecule has 0 aromatic heterocycles. The Morgan fingerprint density at radius 3 is 2.43 bits per heavy atom. The van der Waals surface area contributed by atoms with Crippen LogP contribution in [-0.4, -0.2) is 36.6 Å². The van der Waals surface area contributed by atoms with E-state index in [1.807, 2.05) is 6.92 Å². The van der Waals surface area contributed by atoms with Crippen molar-refractivity contribution in [1.29, 1.82) is 0 Å². The highest BCUT2D eigenvalue weighted by Gasteiger charge is 2.33. The van der Waals surface area contributed by atoms with E-state index in [1.165, 1.54) is 0 Å². The topological polar surface area (TPSA) is 32.3 Å². The van der Waals surface area contributed by atoms with E-state index in [2.05, 4.69) is 5.32 Å². The molecule has 0 aliphatic rings. The normalized spacial score (nSPS) is 11.3. The predicted molar refractivity (Wildman–Crippen MR) is 77.5 cm³/mol. The number of anilines is 1. The third-order valence-corrected chi connectivity index (χ3v) is 2.87. The van der Waals surface area contributed by atoms with Crippen molar-refractivity contribution in [2.45, 2.75) is 32.9 Å². The van der Waals surface area contributed by atoms with Gasteiger partial charge in [0.05, 0.1) is 5.56 Å². The van der Waals surface area contributed by atoms with Gasteiger partial charge < -0.3 is 10.2 Å². The molecular weight excluding hydrogens is 281 g/mol. The first-order chi connectivity index (χ1) is 9.89. The predicted octanol–water partition coefficient (Wildman–Crippen LogP) is 3.92. The van der Waals surface area contributed by atoms with Crippen LogP contribution in [0.1, 0.15) is 37.0 Å². The molecule has 21 heavy (non-hydrogen) atoms. The fourth-order valence-electron chi connectivity index (χ4n) is 1.99. The van der Waals surface area contributed by atoms with Gasteiger partial charge in [0, 0.05) is 18.8 Å². The molecular formula is C15H21F3N2O. The highest BCUT2D eigenvalue weighted by Crippen LogP contribution is 2.22. The van der Waals surface area contributed by atoms with Crippen molar-refractivity contribution in [2.24, 2.45) is 0 Å². The summed E-state index contributed by atoms with van der Waals surface area (Å²) in [7, 11) is 0. The number of rotatable bonds is 7. The molecule has 0 saturated heterocycles. The molecule has 0 radical (unpaired) electrons. The van der Waals surface area contributed by atoms with Crippen molar-refractivity contribution in [1.82, 2.24) is 4.90 Å². The molecule has 118 valence electrons. The van der Waals surface area contributed by atoms with Crippen molar-refractivity contribution in [3.05, 3.63) is 29.8 Å². The van der Waals surface area contributed by atoms with Gasteiger partial charge in [0.1, 0.15) is 6.54 Å². The number of benzene rings is 1. The van der Waals surface area contributed by atoms with Crippen molar-refractivity contribution in [2.75, 3.05) is 25.0 Å². The zero-order valence-corrected chi connectivity index (χ0v) is 12.3. The van der Waals surface area contributed by atoms with Gasteiger partial charge in [-0.15, -0.1) is 0 Å². The van der Waals surface area contributed by atoms with E-state index in [9.17, 15) is 18.0 Å². The Hall–Kier alpha value is -1.72. The lowest BCUT2D eigenvalue weighted by atomic mass is 10.1. The van der Waals surface area contributed by atoms with Gasteiger partial charge in [-0.3, -0.25) is 4.79 Å². The van der Waals surface area contributed by atoms with Crippen molar-refractivity contribution in [3.8, 4) is 0 Å². The molecule has 0 bridgehead atoms. The number of amides is 1. The second kappa shape index (κ2) is 7.90. The number of carbonyl (C=O) groups is 1. The molecule has 0 aliphatic heterocycles. The maximum absolute atomic E-state index is 12.6. The van der Waals surface area contributed by atoms with Crippen LogP contribution in [0.15, 0.2) is 24.3 Å². The van der Waals surface area contributed by atoms with E-state index in [0.717, 1.165) is 11.3 Å². The molecule has 1 N–H and O–H groups in total. The Balaban J connectivity index is 2.97. The molecule has 0 fully saturated rings. The van der Waals surface area contributed by atoms with Gasteiger partial charge in [0.25, 0.3) is 5.91 Å². The van der Waals surface area contributed by atoms with Crippen LogP contribution in [0.2, 0.25) is 0 Å². The number of carbonyl (C=O) groups excluding carboxylic acids is 1. The van der Waals surface area contributed by atoms with Gasteiger partial charge in [-0.2, -0.15) is 13.2 Å². The number of nitrogens with one attached hydrogen (secondary N) is 1. The molecule has 1 aromatic carbocycles. The highest BCUT2D eigenvalue weighted by atomic mass is 19.4. The Kier molecular flexibility index (Phi) is 6.52. The Bertz CT molecular complexity index is 460. The summed E-state index contributed by atoms with van der Waals surface area (Å²) in [5, 5.41) is 3.07. The number of halogens is 3. The van der Waals surface area contributed by atoms with Crippen LogP contribution in [0.25, 0.3) is 0 Å². The van der Waals surface area contributed by atoms with E-state index in [1.54, 1.807) is 31.2 Å². The minimum Gasteiger partial charge on any atom is -0.384 e. The number of hydrogen-bond acceptors (Lipinski definition) is 2. The second-order valence-electron chi connectivity index (χ2n) is 4.81. The van der Waals surface area contributed by atoms with Gasteiger partial charge >= 0.3 is 6.18 Å². The quantitative estimate of drug-likeness (QED) is 0.828. The average molecular weight is 302 g/mol. The van der Waals surface area contributed by atoms with E-state index in [4.69, 9.17) is 0 Å². The summed E-state index contributed by atoms with van der Waals surface area (Å²) < 4.78 is 37.8. The zero-order valence-electron chi connectivity index (χ0n) is 12.3. The number of nitrogens with zero attached hydrogens (tertiary/aromatic N) is 1. The van der Waals surface area contributed by atoms with E-state index < -0.39 is 18.6 Å². The summed E-state index contributed by atoms with van der Waals surface area (Å²) in [6.07, 6.45) is -3.05. The number of para-hydroxylation sites is 1. The number of alkyl halides is 3. The maximum Gasteiger partial charge on any atom is 0.406 e. The first-order valence-corrected chi connectivity index (χ1v) is 7.08. The molecule has 0 heterocycles. The molecule has 1 amide bonds. The molecule has 1 aromatic rings. The van der Waals surface area contributed by atoms with E-state index >= 15 is 0 Å². The second-order valence-corrected chi connectivity index (χ2v) is 4.81. The fourth-order valence-corrected chi connectivity index (χ4v) is 1.99. The summed E-state index contributed by atoms with van der Waals surface area (Å²) in [5.74, 6) is -0.589. The van der Waals surface area contributed by atoms with Gasteiger partial charge in [-0.1, -0.05) is 26.0 Å². The van der Waals surface area contributed by atoms with Gasteiger partial charge in [0.15, 0.2) is 0 Å². The van der Waals surface area contributed by atoms with Gasteiger partial charge in [-0.25, -0.2) is 0 Å². The molecule has 6 heteroatoms. The monoisotopic (exact) mass is 302 g/mol. The molecule has 0 unspecified atom stereocenters. The third kappa shape index (κ3) is 5.65. The smallest absolute Gasteiger partial charge is 0.384 e. The standard InChI is InChI=1S/C15H21F3N2O/c1-3-9-19-13-8-6-5-7-12(13)14(21)20(10-4-2)11-15(16,17)18/h5-8,19H,3-4,9-11H2,1-2H3. The lowest BCUT2D eigenvalue weighted by Crippen LogP contribution is -2.39. The van der Waals surface area contributed by atoms with Gasteiger partial charge in [0.2, 0.25) is 0 Å². The Morgan fingerprint density at radius 2 is 1.86 bits per heavy atom. The average Bonchev–Trinajstić information content (AvgIpc) is 2.43. The Labute approximate surface area is 123 Å². The minimum atomic E-state index is -4.39. The van der Waals surface area contributed by atoms with E-state index in [0.29, 0.717) is 18.7 Å². The van der Waals surface area contributed by atoms with Crippen LogP contribution in [0.3, 0.4) is 0 Å². The summed E-state index contributed by atoms with van der Waals surface area (Å²) in [6.45, 7) is 3.25. The van der Waals surface area contributed by atoms with Crippen LogP contribution in [0.5, 0.6) is 0 Å². The van der Waals surface area contributed by atoms with E-state index in [-0.39, 0.29) is 12.1 Å². The van der Waals surface area contributed by atoms with Gasteiger partial charge in [-0.05, 0) is 25.0 Å². The zero-order chi connectivity index (χ0) is 15.9. The number of hydrogen-bond donors (Lipinski definition) is 1. The van der Waals surface area contributed by atoms with Crippen molar-refractivity contribution >= 4 is 11.6 Å². The fraction of sp³-hybridized carbons (Fsp3) is 0.533. The molecule has 0 atom stereocenters. The first kappa shape index (κ1) is 17.3. The van der Waals surface area contributed by atoms with Crippen molar-refractivity contribution < 1.29 is 18.0 Å². The highest BCUT2D eigenvalue weighted by molar-refractivity contribution is 5.99. The summed E-state index contributed by atoms with van der Waals surface area (Å²) in [6, 6.07) is 6.67. The summed E-state index contributed by atoms with van der Waals surface area (Å²) >= 11 is 0. The van der Waals surface area contributed by atoms with Crippen LogP contribution in [0.4, 0.5) is 18.9 Å². The Morgan fingerprint density at radius 1 is 1.19 bits per heavy atom. The molecule has 1 rings (SSSR count). The largest absolute Gasteiger partial charge is 0.406 e. The molecule has 0 aliphatic carbocycles. The summed E-state index contributed by atoms with van der Waals surface area (Å²) in [4.78, 5) is 13.2. The third-order valence-electron chi connectivity index (χ3n) is 2.87. The van der Waals surface area contributed by atoms with Crippen LogP contribution >= 0.6 is 0 Å². The molecule has 0 saturated carbocycles. The minimum absolute atomic E-state index is 0.0838. The maximum atomic E-state index is 12.6. The lowest BCUT2D eigenvalue weighted by Gasteiger charge is -2.24. The summed E-state index contributed by atoms with van der Waals surface area (Å²) in [5.41, 5.74) is 0.858. The SMILES string of the molecule is CCCNc1ccccc1C(=O)N(CCC)CC(F)(F)F. The van der Waals surface area contributed by atoms with Crippen LogP contribution in [-0.2, 0) is 0 Å². The molecule has 0 spiro atoms. The lowest BCUT2D eigenvalue weighted by molar-refractivity contribution is -0.140. The molecule has 3 nitrogen and oxygen atoms in total. The van der Waals surface area contributed by atoms with Crippen LogP contribution in [0, 0.1) is 0 Å². The van der Waals surface area contributed by atoms with Crippen molar-refractivity contribution in [3.63, 3.8) is 0 Å².